The van der Waals surface area contributed by atoms with Crippen LogP contribution in [-0.2, 0) is 0 Å². The van der Waals surface area contributed by atoms with Gasteiger partial charge in [0, 0.05) is 25.5 Å². The first-order valence-corrected chi connectivity index (χ1v) is 4.06. The molecule has 12 heavy (non-hydrogen) atoms. The normalized spacial score (nSPS) is 15.5. The maximum absolute atomic E-state index is 10.6. The third-order valence-corrected chi connectivity index (χ3v) is 2.15. The molecule has 0 radical (unpaired) electrons. The summed E-state index contributed by atoms with van der Waals surface area (Å²) in [5, 5.41) is 0. The van der Waals surface area contributed by atoms with Crippen molar-refractivity contribution < 1.29 is 4.79 Å². The van der Waals surface area contributed by atoms with E-state index in [-0.39, 0.29) is 0 Å². The standard InChI is InChI=1S/C9H10N2O/c12-7-8-6-10-3-2-9(8)11-4-1-5-11/h2-3,6-7H,1,4-5H2. The molecule has 3 nitrogen and oxygen atoms in total. The third-order valence-electron chi connectivity index (χ3n) is 2.15. The fraction of sp³-hybridized carbons (Fsp3) is 0.333. The predicted molar refractivity (Wildman–Crippen MR) is 46.5 cm³/mol. The maximum atomic E-state index is 10.6. The quantitative estimate of drug-likeness (QED) is 0.610. The van der Waals surface area contributed by atoms with E-state index in [1.54, 1.807) is 12.4 Å². The zero-order chi connectivity index (χ0) is 8.39. The van der Waals surface area contributed by atoms with Gasteiger partial charge in [-0.3, -0.25) is 9.78 Å². The van der Waals surface area contributed by atoms with Gasteiger partial charge in [-0.15, -0.1) is 0 Å². The lowest BCUT2D eigenvalue weighted by atomic mass is 10.1. The Labute approximate surface area is 71.0 Å². The number of anilines is 1. The number of nitrogens with zero attached hydrogens (tertiary/aromatic N) is 2. The molecule has 0 aliphatic carbocycles. The minimum atomic E-state index is 0.692. The van der Waals surface area contributed by atoms with Crippen LogP contribution in [0.25, 0.3) is 0 Å². The Bertz CT molecular complexity index is 294. The third kappa shape index (κ3) is 1.07. The average Bonchev–Trinajstić information content (AvgIpc) is 2.02. The molecule has 0 saturated carbocycles. The molecule has 1 aliphatic rings. The minimum absolute atomic E-state index is 0.692. The molecule has 0 unspecified atom stereocenters. The van der Waals surface area contributed by atoms with E-state index in [1.165, 1.54) is 6.42 Å². The van der Waals surface area contributed by atoms with Crippen LogP contribution in [0.3, 0.4) is 0 Å². The molecule has 62 valence electrons. The highest BCUT2D eigenvalue weighted by molar-refractivity contribution is 5.84. The van der Waals surface area contributed by atoms with E-state index < -0.39 is 0 Å². The van der Waals surface area contributed by atoms with E-state index in [2.05, 4.69) is 9.88 Å². The summed E-state index contributed by atoms with van der Waals surface area (Å²) in [6.07, 6.45) is 5.42. The van der Waals surface area contributed by atoms with E-state index in [9.17, 15) is 4.79 Å². The summed E-state index contributed by atoms with van der Waals surface area (Å²) in [5.74, 6) is 0. The molecular weight excluding hydrogens is 152 g/mol. The summed E-state index contributed by atoms with van der Waals surface area (Å²) in [5.41, 5.74) is 1.71. The van der Waals surface area contributed by atoms with Crippen molar-refractivity contribution >= 4 is 12.0 Å². The van der Waals surface area contributed by atoms with Crippen LogP contribution in [0.5, 0.6) is 0 Å². The Morgan fingerprint density at radius 3 is 2.92 bits per heavy atom. The fourth-order valence-electron chi connectivity index (χ4n) is 1.34. The van der Waals surface area contributed by atoms with Gasteiger partial charge in [0.1, 0.15) is 0 Å². The molecule has 1 aromatic rings. The zero-order valence-electron chi connectivity index (χ0n) is 6.73. The van der Waals surface area contributed by atoms with Gasteiger partial charge in [-0.1, -0.05) is 0 Å². The van der Waals surface area contributed by atoms with Crippen LogP contribution in [0, 0.1) is 0 Å². The van der Waals surface area contributed by atoms with Crippen molar-refractivity contribution in [2.24, 2.45) is 0 Å². The van der Waals surface area contributed by atoms with Crippen molar-refractivity contribution in [3.05, 3.63) is 24.0 Å². The molecule has 3 heteroatoms. The lowest BCUT2D eigenvalue weighted by Gasteiger charge is -2.33. The largest absolute Gasteiger partial charge is 0.371 e. The van der Waals surface area contributed by atoms with Crippen molar-refractivity contribution in [3.63, 3.8) is 0 Å². The van der Waals surface area contributed by atoms with Gasteiger partial charge < -0.3 is 4.90 Å². The average molecular weight is 162 g/mol. The van der Waals surface area contributed by atoms with Gasteiger partial charge >= 0.3 is 0 Å². The van der Waals surface area contributed by atoms with Crippen LogP contribution in [0.1, 0.15) is 16.8 Å². The summed E-state index contributed by atoms with van der Waals surface area (Å²) in [6.45, 7) is 2.12. The molecule has 0 amide bonds. The maximum Gasteiger partial charge on any atom is 0.153 e. The van der Waals surface area contributed by atoms with Crippen molar-refractivity contribution in [1.29, 1.82) is 0 Å². The van der Waals surface area contributed by atoms with Gasteiger partial charge in [0.2, 0.25) is 0 Å². The summed E-state index contributed by atoms with van der Waals surface area (Å²) in [6, 6.07) is 1.89. The first-order valence-electron chi connectivity index (χ1n) is 4.06. The lowest BCUT2D eigenvalue weighted by molar-refractivity contribution is 0.112. The van der Waals surface area contributed by atoms with Crippen LogP contribution in [0.2, 0.25) is 0 Å². The van der Waals surface area contributed by atoms with E-state index >= 15 is 0 Å². The number of carbonyl (C=O) groups excluding carboxylic acids is 1. The molecular formula is C9H10N2O. The Morgan fingerprint density at radius 1 is 1.50 bits per heavy atom. The molecule has 2 heterocycles. The van der Waals surface area contributed by atoms with Crippen molar-refractivity contribution in [1.82, 2.24) is 4.98 Å². The number of rotatable bonds is 2. The van der Waals surface area contributed by atoms with Crippen molar-refractivity contribution in [2.75, 3.05) is 18.0 Å². The van der Waals surface area contributed by atoms with E-state index in [0.717, 1.165) is 25.1 Å². The van der Waals surface area contributed by atoms with Crippen LogP contribution in [0.15, 0.2) is 18.5 Å². The highest BCUT2D eigenvalue weighted by Gasteiger charge is 2.16. The summed E-state index contributed by atoms with van der Waals surface area (Å²) in [4.78, 5) is 16.7. The second-order valence-corrected chi connectivity index (χ2v) is 2.89. The monoisotopic (exact) mass is 162 g/mol. The van der Waals surface area contributed by atoms with Gasteiger partial charge in [-0.25, -0.2) is 0 Å². The Morgan fingerprint density at radius 2 is 2.33 bits per heavy atom. The molecule has 0 aromatic carbocycles. The van der Waals surface area contributed by atoms with Crippen LogP contribution in [-0.4, -0.2) is 24.4 Å². The van der Waals surface area contributed by atoms with Crippen molar-refractivity contribution in [3.8, 4) is 0 Å². The number of pyridine rings is 1. The van der Waals surface area contributed by atoms with Gasteiger partial charge in [-0.2, -0.15) is 0 Å². The SMILES string of the molecule is O=Cc1cnccc1N1CCC1. The van der Waals surface area contributed by atoms with Crippen LogP contribution >= 0.6 is 0 Å². The van der Waals surface area contributed by atoms with E-state index in [1.807, 2.05) is 6.07 Å². The first-order chi connectivity index (χ1) is 5.92. The summed E-state index contributed by atoms with van der Waals surface area (Å²) >= 11 is 0. The Hall–Kier alpha value is -1.38. The van der Waals surface area contributed by atoms with Crippen LogP contribution in [0.4, 0.5) is 5.69 Å². The predicted octanol–water partition coefficient (Wildman–Crippen LogP) is 1.10. The van der Waals surface area contributed by atoms with E-state index in [0.29, 0.717) is 5.56 Å². The number of aromatic nitrogens is 1. The highest BCUT2D eigenvalue weighted by Crippen LogP contribution is 2.22. The van der Waals surface area contributed by atoms with Gasteiger partial charge in [0.05, 0.1) is 11.3 Å². The summed E-state index contributed by atoms with van der Waals surface area (Å²) in [7, 11) is 0. The Balaban J connectivity index is 2.33. The van der Waals surface area contributed by atoms with Crippen molar-refractivity contribution in [2.45, 2.75) is 6.42 Å². The first kappa shape index (κ1) is 7.28. The van der Waals surface area contributed by atoms with Crippen LogP contribution < -0.4 is 4.90 Å². The highest BCUT2D eigenvalue weighted by atomic mass is 16.1. The Kier molecular flexibility index (Phi) is 1.78. The number of hydrogen-bond acceptors (Lipinski definition) is 3. The molecule has 1 saturated heterocycles. The zero-order valence-corrected chi connectivity index (χ0v) is 6.73. The molecule has 1 aliphatic heterocycles. The van der Waals surface area contributed by atoms with E-state index in [4.69, 9.17) is 0 Å². The van der Waals surface area contributed by atoms with Gasteiger partial charge in [-0.05, 0) is 12.5 Å². The lowest BCUT2D eigenvalue weighted by Crippen LogP contribution is -2.37. The number of carbonyl (C=O) groups is 1. The molecule has 0 spiro atoms. The second kappa shape index (κ2) is 2.93. The molecule has 1 fully saturated rings. The number of aldehydes is 1. The smallest absolute Gasteiger partial charge is 0.153 e. The number of hydrogen-bond donors (Lipinski definition) is 0. The molecule has 2 rings (SSSR count). The molecule has 0 atom stereocenters. The van der Waals surface area contributed by atoms with Gasteiger partial charge in [0.15, 0.2) is 6.29 Å². The summed E-state index contributed by atoms with van der Waals surface area (Å²) < 4.78 is 0. The minimum Gasteiger partial charge on any atom is -0.371 e. The molecule has 1 aromatic heterocycles. The fourth-order valence-corrected chi connectivity index (χ4v) is 1.34. The molecule has 0 bridgehead atoms. The topological polar surface area (TPSA) is 33.2 Å². The second-order valence-electron chi connectivity index (χ2n) is 2.89. The van der Waals surface area contributed by atoms with Gasteiger partial charge in [0.25, 0.3) is 0 Å². The molecule has 0 N–H and O–H groups in total.